The highest BCUT2D eigenvalue weighted by Gasteiger charge is 2.21. The average Bonchev–Trinajstić information content (AvgIpc) is 3.67. The molecule has 1 fully saturated rings. The molecule has 0 saturated carbocycles. The maximum Gasteiger partial charge on any atom is 0.228 e. The Balaban J connectivity index is 1.25. The molecule has 0 unspecified atom stereocenters. The van der Waals surface area contributed by atoms with Crippen LogP contribution in [0.1, 0.15) is 11.1 Å². The maximum atomic E-state index is 5.55. The molecule has 1 aliphatic heterocycles. The van der Waals surface area contributed by atoms with Gasteiger partial charge in [0.15, 0.2) is 22.9 Å². The van der Waals surface area contributed by atoms with Crippen LogP contribution in [-0.4, -0.2) is 64.9 Å². The predicted octanol–water partition coefficient (Wildman–Crippen LogP) is 4.34. The van der Waals surface area contributed by atoms with Gasteiger partial charge in [0.25, 0.3) is 0 Å². The largest absolute Gasteiger partial charge is 0.493 e. The summed E-state index contributed by atoms with van der Waals surface area (Å²) in [6, 6.07) is 22.1. The molecule has 5 aromatic rings. The van der Waals surface area contributed by atoms with E-state index in [0.29, 0.717) is 41.2 Å². The topological polar surface area (TPSA) is 93.2 Å². The number of hydrogen-bond acceptors (Lipinski definition) is 9. The van der Waals surface area contributed by atoms with E-state index in [-0.39, 0.29) is 0 Å². The molecule has 10 nitrogen and oxygen atoms in total. The van der Waals surface area contributed by atoms with Crippen molar-refractivity contribution in [3.63, 3.8) is 0 Å². The second-order valence-corrected chi connectivity index (χ2v) is 9.41. The molecular weight excluding hydrogens is 494 g/mol. The van der Waals surface area contributed by atoms with Gasteiger partial charge in [-0.3, -0.25) is 4.90 Å². The summed E-state index contributed by atoms with van der Waals surface area (Å²) in [7, 11) is 3.26. The fourth-order valence-corrected chi connectivity index (χ4v) is 4.81. The van der Waals surface area contributed by atoms with Crippen LogP contribution < -0.4 is 19.7 Å². The Morgan fingerprint density at radius 3 is 2.41 bits per heavy atom. The van der Waals surface area contributed by atoms with E-state index in [2.05, 4.69) is 50.5 Å². The molecule has 6 rings (SSSR count). The minimum Gasteiger partial charge on any atom is -0.493 e. The number of furan rings is 1. The molecule has 39 heavy (non-hydrogen) atoms. The fourth-order valence-electron chi connectivity index (χ4n) is 4.81. The zero-order chi connectivity index (χ0) is 26.6. The smallest absolute Gasteiger partial charge is 0.228 e. The number of rotatable bonds is 9. The predicted molar refractivity (Wildman–Crippen MR) is 149 cm³/mol. The molecule has 1 aliphatic rings. The van der Waals surface area contributed by atoms with E-state index in [4.69, 9.17) is 23.9 Å². The Kier molecular flexibility index (Phi) is 7.01. The van der Waals surface area contributed by atoms with Gasteiger partial charge < -0.3 is 24.1 Å². The summed E-state index contributed by atoms with van der Waals surface area (Å²) in [5, 5.41) is 8.15. The molecule has 0 amide bonds. The molecule has 10 heteroatoms. The minimum absolute atomic E-state index is 0.515. The molecule has 200 valence electrons. The number of piperazine rings is 1. The first kappa shape index (κ1) is 24.7. The Bertz CT molecular complexity index is 1530. The van der Waals surface area contributed by atoms with Crippen LogP contribution in [0.5, 0.6) is 11.5 Å². The summed E-state index contributed by atoms with van der Waals surface area (Å²) in [5.41, 5.74) is 3.06. The van der Waals surface area contributed by atoms with Gasteiger partial charge in [-0.2, -0.15) is 9.50 Å². The summed E-state index contributed by atoms with van der Waals surface area (Å²) >= 11 is 0. The third kappa shape index (κ3) is 5.37. The Morgan fingerprint density at radius 1 is 0.846 bits per heavy atom. The van der Waals surface area contributed by atoms with E-state index in [1.165, 1.54) is 5.56 Å². The van der Waals surface area contributed by atoms with Crippen molar-refractivity contribution in [3.05, 3.63) is 84.1 Å². The molecule has 3 aromatic heterocycles. The highest BCUT2D eigenvalue weighted by molar-refractivity contribution is 5.60. The van der Waals surface area contributed by atoms with Gasteiger partial charge in [0.2, 0.25) is 11.8 Å². The molecule has 1 N–H and O–H groups in total. The van der Waals surface area contributed by atoms with Crippen LogP contribution in [0.2, 0.25) is 0 Å². The van der Waals surface area contributed by atoms with Crippen molar-refractivity contribution >= 4 is 17.4 Å². The summed E-state index contributed by atoms with van der Waals surface area (Å²) in [4.78, 5) is 14.5. The molecule has 4 heterocycles. The van der Waals surface area contributed by atoms with Gasteiger partial charge in [0, 0.05) is 45.3 Å². The quantitative estimate of drug-likeness (QED) is 0.302. The lowest BCUT2D eigenvalue weighted by atomic mass is 10.2. The van der Waals surface area contributed by atoms with Crippen molar-refractivity contribution < 1.29 is 13.9 Å². The molecule has 2 aromatic carbocycles. The summed E-state index contributed by atoms with van der Waals surface area (Å²) < 4.78 is 18.1. The molecule has 0 aliphatic carbocycles. The van der Waals surface area contributed by atoms with Crippen LogP contribution in [0.15, 0.2) is 77.4 Å². The summed E-state index contributed by atoms with van der Waals surface area (Å²) in [6.07, 6.45) is 1.62. The number of nitrogens with one attached hydrogen (secondary N) is 1. The van der Waals surface area contributed by atoms with E-state index in [1.54, 1.807) is 25.0 Å². The van der Waals surface area contributed by atoms with Gasteiger partial charge in [-0.15, -0.1) is 5.10 Å². The zero-order valence-corrected chi connectivity index (χ0v) is 22.1. The fraction of sp³-hybridized carbons (Fsp3) is 0.276. The summed E-state index contributed by atoms with van der Waals surface area (Å²) in [5.74, 6) is 3.97. The lowest BCUT2D eigenvalue weighted by molar-refractivity contribution is 0.249. The number of ether oxygens (including phenoxy) is 2. The van der Waals surface area contributed by atoms with Crippen molar-refractivity contribution in [2.45, 2.75) is 13.1 Å². The molecule has 0 spiro atoms. The van der Waals surface area contributed by atoms with Crippen LogP contribution in [0.25, 0.3) is 17.2 Å². The Hall–Kier alpha value is -4.57. The van der Waals surface area contributed by atoms with Crippen molar-refractivity contribution in [1.29, 1.82) is 0 Å². The highest BCUT2D eigenvalue weighted by Crippen LogP contribution is 2.28. The number of aromatic nitrogens is 4. The third-order valence-electron chi connectivity index (χ3n) is 6.90. The van der Waals surface area contributed by atoms with Gasteiger partial charge in [0.1, 0.15) is 5.82 Å². The average molecular weight is 526 g/mol. The van der Waals surface area contributed by atoms with Gasteiger partial charge in [0.05, 0.1) is 20.5 Å². The lowest BCUT2D eigenvalue weighted by Gasteiger charge is -2.35. The molecule has 0 atom stereocenters. The van der Waals surface area contributed by atoms with Crippen molar-refractivity contribution in [2.75, 3.05) is 50.6 Å². The normalized spacial score (nSPS) is 14.1. The Morgan fingerprint density at radius 2 is 1.67 bits per heavy atom. The number of hydrogen-bond donors (Lipinski definition) is 1. The van der Waals surface area contributed by atoms with E-state index in [9.17, 15) is 0 Å². The molecule has 0 radical (unpaired) electrons. The second kappa shape index (κ2) is 11.0. The molecule has 0 bridgehead atoms. The number of methoxy groups -OCH3 is 2. The number of benzene rings is 2. The van der Waals surface area contributed by atoms with Crippen LogP contribution in [0.4, 0.5) is 11.8 Å². The first-order valence-electron chi connectivity index (χ1n) is 13.0. The number of anilines is 2. The zero-order valence-electron chi connectivity index (χ0n) is 22.1. The van der Waals surface area contributed by atoms with Crippen molar-refractivity contribution in [1.82, 2.24) is 24.5 Å². The van der Waals surface area contributed by atoms with E-state index >= 15 is 0 Å². The maximum absolute atomic E-state index is 5.55. The van der Waals surface area contributed by atoms with Crippen LogP contribution in [-0.2, 0) is 13.1 Å². The van der Waals surface area contributed by atoms with Crippen molar-refractivity contribution in [2.24, 2.45) is 0 Å². The monoisotopic (exact) mass is 525 g/mol. The number of fused-ring (bicyclic) bond motifs is 1. The molecular formula is C29H31N7O3. The van der Waals surface area contributed by atoms with E-state index < -0.39 is 0 Å². The third-order valence-corrected chi connectivity index (χ3v) is 6.90. The lowest BCUT2D eigenvalue weighted by Crippen LogP contribution is -2.46. The molecule has 1 saturated heterocycles. The van der Waals surface area contributed by atoms with Gasteiger partial charge in [-0.05, 0) is 35.4 Å². The van der Waals surface area contributed by atoms with Gasteiger partial charge in [-0.25, -0.2) is 4.98 Å². The first-order chi connectivity index (χ1) is 19.2. The summed E-state index contributed by atoms with van der Waals surface area (Å²) in [6.45, 7) is 5.15. The van der Waals surface area contributed by atoms with Crippen LogP contribution in [0.3, 0.4) is 0 Å². The highest BCUT2D eigenvalue weighted by atomic mass is 16.5. The standard InChI is InChI=1S/C29H31N7O3/c1-37-23-11-10-22(17-25(23)38-2)19-30-29-32-26(18-27-31-28(33-36(27)29)24-9-6-16-39-24)35-14-12-34(13-15-35)20-21-7-4-3-5-8-21/h3-11,16-18H,12-15,19-20H2,1-2H3,(H,30,32). The van der Waals surface area contributed by atoms with Crippen LogP contribution >= 0.6 is 0 Å². The van der Waals surface area contributed by atoms with Crippen molar-refractivity contribution in [3.8, 4) is 23.1 Å². The van der Waals surface area contributed by atoms with Gasteiger partial charge in [-0.1, -0.05) is 36.4 Å². The second-order valence-electron chi connectivity index (χ2n) is 9.41. The van der Waals surface area contributed by atoms with Gasteiger partial charge >= 0.3 is 0 Å². The van der Waals surface area contributed by atoms with E-state index in [0.717, 1.165) is 44.1 Å². The number of nitrogens with zero attached hydrogens (tertiary/aromatic N) is 6. The Labute approximate surface area is 226 Å². The first-order valence-corrected chi connectivity index (χ1v) is 13.0. The van der Waals surface area contributed by atoms with Crippen LogP contribution in [0, 0.1) is 0 Å². The SMILES string of the molecule is COc1ccc(CNc2nc(N3CCN(Cc4ccccc4)CC3)cc3nc(-c4ccco4)nn23)cc1OC. The minimum atomic E-state index is 0.515. The van der Waals surface area contributed by atoms with E-state index in [1.807, 2.05) is 36.4 Å².